The van der Waals surface area contributed by atoms with Gasteiger partial charge in [-0.15, -0.1) is 0 Å². The molecule has 1 heterocycles. The van der Waals surface area contributed by atoms with Crippen molar-refractivity contribution in [3.05, 3.63) is 62.8 Å². The van der Waals surface area contributed by atoms with Crippen molar-refractivity contribution in [2.24, 2.45) is 0 Å². The van der Waals surface area contributed by atoms with Crippen LogP contribution in [0.3, 0.4) is 0 Å². The van der Waals surface area contributed by atoms with Gasteiger partial charge in [-0.25, -0.2) is 0 Å². The van der Waals surface area contributed by atoms with Gasteiger partial charge in [0.05, 0.1) is 11.1 Å². The molecular weight excluding hydrogens is 418 g/mol. The summed E-state index contributed by atoms with van der Waals surface area (Å²) < 4.78 is 6.93. The van der Waals surface area contributed by atoms with Gasteiger partial charge in [-0.05, 0) is 62.2 Å². The van der Waals surface area contributed by atoms with E-state index in [0.29, 0.717) is 23.4 Å². The number of carbonyl (C=O) groups is 1. The van der Waals surface area contributed by atoms with Crippen molar-refractivity contribution in [3.8, 4) is 11.5 Å². The topological polar surface area (TPSA) is 49.8 Å². The zero-order valence-electron chi connectivity index (χ0n) is 16.6. The number of aryl methyl sites for hydroxylation is 1. The van der Waals surface area contributed by atoms with Gasteiger partial charge in [0.2, 0.25) is 5.78 Å². The molecule has 0 saturated carbocycles. The van der Waals surface area contributed by atoms with Crippen molar-refractivity contribution in [1.29, 1.82) is 0 Å². The van der Waals surface area contributed by atoms with Gasteiger partial charge < -0.3 is 9.84 Å². The maximum absolute atomic E-state index is 13.0. The van der Waals surface area contributed by atoms with Gasteiger partial charge in [-0.1, -0.05) is 48.0 Å². The number of carbonyl (C=O) groups excluding carboxylic acids is 1. The zero-order valence-corrected chi connectivity index (χ0v) is 18.2. The minimum atomic E-state index is -0.137. The number of ether oxygens (including phenoxy) is 1. The van der Waals surface area contributed by atoms with E-state index in [2.05, 4.69) is 34.7 Å². The Bertz CT molecular complexity index is 914. The quantitative estimate of drug-likeness (QED) is 0.557. The van der Waals surface area contributed by atoms with E-state index in [9.17, 15) is 9.90 Å². The lowest BCUT2D eigenvalue weighted by Crippen LogP contribution is -2.25. The van der Waals surface area contributed by atoms with Gasteiger partial charge in [0, 0.05) is 11.0 Å². The highest BCUT2D eigenvalue weighted by Crippen LogP contribution is 2.42. The highest BCUT2D eigenvalue weighted by molar-refractivity contribution is 9.10. The highest BCUT2D eigenvalue weighted by atomic mass is 79.9. The third-order valence-corrected chi connectivity index (χ3v) is 5.60. The average molecular weight is 444 g/mol. The second-order valence-electron chi connectivity index (χ2n) is 7.13. The molecule has 0 saturated heterocycles. The van der Waals surface area contributed by atoms with Crippen LogP contribution in [0.4, 0.5) is 0 Å². The number of halogens is 1. The number of hydrogen-bond donors (Lipinski definition) is 1. The summed E-state index contributed by atoms with van der Waals surface area (Å²) >= 11 is 3.51. The van der Waals surface area contributed by atoms with Gasteiger partial charge in [0.1, 0.15) is 11.5 Å². The Morgan fingerprint density at radius 3 is 2.50 bits per heavy atom. The number of fused-ring (bicyclic) bond motifs is 1. The van der Waals surface area contributed by atoms with E-state index >= 15 is 0 Å². The van der Waals surface area contributed by atoms with Crippen molar-refractivity contribution in [3.63, 3.8) is 0 Å². The first kappa shape index (κ1) is 20.6. The first-order valence-corrected chi connectivity index (χ1v) is 10.5. The smallest absolute Gasteiger partial charge is 0.232 e. The van der Waals surface area contributed by atoms with E-state index in [1.807, 2.05) is 31.2 Å². The summed E-state index contributed by atoms with van der Waals surface area (Å²) in [5.74, 6) is 0.831. The van der Waals surface area contributed by atoms with Crippen LogP contribution in [0.15, 0.2) is 40.6 Å². The van der Waals surface area contributed by atoms with Crippen molar-refractivity contribution in [1.82, 2.24) is 4.90 Å². The third-order valence-electron chi connectivity index (χ3n) is 4.87. The van der Waals surface area contributed by atoms with E-state index in [0.717, 1.165) is 41.5 Å². The molecule has 1 N–H and O–H groups in total. The Labute approximate surface area is 175 Å². The fourth-order valence-electron chi connectivity index (χ4n) is 3.59. The number of phenolic OH excluding ortho intramolecular Hbond substituents is 1. The van der Waals surface area contributed by atoms with Crippen LogP contribution in [0.25, 0.3) is 6.08 Å². The number of aromatic hydroxyl groups is 1. The van der Waals surface area contributed by atoms with Crippen LogP contribution >= 0.6 is 15.9 Å². The maximum Gasteiger partial charge on any atom is 0.232 e. The van der Waals surface area contributed by atoms with Gasteiger partial charge >= 0.3 is 0 Å². The summed E-state index contributed by atoms with van der Waals surface area (Å²) in [6.07, 6.45) is 3.81. The summed E-state index contributed by atoms with van der Waals surface area (Å²) in [6.45, 7) is 8.54. The minimum Gasteiger partial charge on any atom is -0.507 e. The van der Waals surface area contributed by atoms with Crippen molar-refractivity contribution < 1.29 is 14.6 Å². The second-order valence-corrected chi connectivity index (χ2v) is 7.99. The molecule has 1 aliphatic rings. The van der Waals surface area contributed by atoms with Gasteiger partial charge in [0.15, 0.2) is 5.76 Å². The molecule has 5 heteroatoms. The van der Waals surface area contributed by atoms with Crippen molar-refractivity contribution >= 4 is 27.8 Å². The number of phenols is 1. The molecule has 0 atom stereocenters. The molecule has 4 nitrogen and oxygen atoms in total. The number of hydrogen-bond acceptors (Lipinski definition) is 4. The zero-order chi connectivity index (χ0) is 20.3. The van der Waals surface area contributed by atoms with Crippen LogP contribution in [0, 0.1) is 6.92 Å². The summed E-state index contributed by atoms with van der Waals surface area (Å²) in [4.78, 5) is 15.3. The van der Waals surface area contributed by atoms with Gasteiger partial charge in [0.25, 0.3) is 0 Å². The molecule has 148 valence electrons. The number of rotatable bonds is 7. The fraction of sp³-hybridized carbons (Fsp3) is 0.348. The molecule has 1 aliphatic heterocycles. The Morgan fingerprint density at radius 1 is 1.18 bits per heavy atom. The Hall–Kier alpha value is -2.11. The molecule has 0 fully saturated rings. The van der Waals surface area contributed by atoms with E-state index in [1.54, 1.807) is 12.1 Å². The monoisotopic (exact) mass is 443 g/mol. The fourth-order valence-corrected chi connectivity index (χ4v) is 3.99. The van der Waals surface area contributed by atoms with Crippen LogP contribution in [-0.4, -0.2) is 28.9 Å². The Kier molecular flexibility index (Phi) is 6.57. The predicted molar refractivity (Wildman–Crippen MR) is 116 cm³/mol. The third kappa shape index (κ3) is 4.15. The standard InChI is InChI=1S/C23H26BrNO3/c1-4-10-25(11-5-2)14-17-19(26)12-15(3)21-22(27)20(28-23(17)21)13-16-8-6-7-9-18(16)24/h6-9,12-13,26H,4-5,10-11,14H2,1-3H3/b20-13+. The maximum atomic E-state index is 13.0. The normalized spacial score (nSPS) is 14.6. The molecule has 3 rings (SSSR count). The van der Waals surface area contributed by atoms with Crippen LogP contribution in [0.2, 0.25) is 0 Å². The van der Waals surface area contributed by atoms with E-state index in [-0.39, 0.29) is 17.3 Å². The number of benzene rings is 2. The van der Waals surface area contributed by atoms with Gasteiger partial charge in [-0.3, -0.25) is 9.69 Å². The molecule has 0 amide bonds. The van der Waals surface area contributed by atoms with Crippen LogP contribution < -0.4 is 4.74 Å². The summed E-state index contributed by atoms with van der Waals surface area (Å²) in [6, 6.07) is 9.36. The lowest BCUT2D eigenvalue weighted by molar-refractivity contribution is 0.101. The second kappa shape index (κ2) is 8.93. The summed E-state index contributed by atoms with van der Waals surface area (Å²) in [5.41, 5.74) is 2.85. The summed E-state index contributed by atoms with van der Waals surface area (Å²) in [5, 5.41) is 10.6. The molecule has 0 bridgehead atoms. The SMILES string of the molecule is CCCN(CCC)Cc1c(O)cc(C)c2c1O/C(=C/c1ccccc1Br)C2=O. The molecule has 0 aromatic heterocycles. The minimum absolute atomic E-state index is 0.137. The van der Waals surface area contributed by atoms with E-state index in [4.69, 9.17) is 4.74 Å². The number of allylic oxidation sites excluding steroid dienone is 1. The Morgan fingerprint density at radius 2 is 1.86 bits per heavy atom. The molecule has 2 aromatic rings. The van der Waals surface area contributed by atoms with E-state index in [1.165, 1.54) is 0 Å². The first-order chi connectivity index (χ1) is 13.5. The van der Waals surface area contributed by atoms with Crippen LogP contribution in [0.1, 0.15) is 53.7 Å². The summed E-state index contributed by atoms with van der Waals surface area (Å²) in [7, 11) is 0. The highest BCUT2D eigenvalue weighted by Gasteiger charge is 2.33. The average Bonchev–Trinajstić information content (AvgIpc) is 2.97. The molecular formula is C23H26BrNO3. The number of Topliss-reactive ketones (excluding diaryl/α,β-unsaturated/α-hetero) is 1. The molecule has 0 aliphatic carbocycles. The molecule has 0 spiro atoms. The van der Waals surface area contributed by atoms with Crippen molar-refractivity contribution in [2.75, 3.05) is 13.1 Å². The van der Waals surface area contributed by atoms with Crippen molar-refractivity contribution in [2.45, 2.75) is 40.2 Å². The van der Waals surface area contributed by atoms with Gasteiger partial charge in [-0.2, -0.15) is 0 Å². The molecule has 2 aromatic carbocycles. The lowest BCUT2D eigenvalue weighted by Gasteiger charge is -2.22. The van der Waals surface area contributed by atoms with Crippen LogP contribution in [0.5, 0.6) is 11.5 Å². The molecule has 0 radical (unpaired) electrons. The Balaban J connectivity index is 2.01. The molecule has 0 unspecified atom stereocenters. The predicted octanol–water partition coefficient (Wildman–Crippen LogP) is 5.70. The largest absolute Gasteiger partial charge is 0.507 e. The lowest BCUT2D eigenvalue weighted by atomic mass is 9.99. The number of ketones is 1. The van der Waals surface area contributed by atoms with E-state index < -0.39 is 0 Å². The first-order valence-electron chi connectivity index (χ1n) is 9.72. The van der Waals surface area contributed by atoms with Crippen LogP contribution in [-0.2, 0) is 6.54 Å². The number of nitrogens with zero attached hydrogens (tertiary/aromatic N) is 1. The molecule has 28 heavy (non-hydrogen) atoms.